The van der Waals surface area contributed by atoms with E-state index in [4.69, 9.17) is 9.47 Å². The minimum absolute atomic E-state index is 0.0419. The third-order valence-corrected chi connectivity index (χ3v) is 5.66. The van der Waals surface area contributed by atoms with Crippen LogP contribution >= 0.6 is 0 Å². The van der Waals surface area contributed by atoms with Crippen LogP contribution in [0.4, 0.5) is 5.69 Å². The Kier molecular flexibility index (Phi) is 8.62. The van der Waals surface area contributed by atoms with E-state index in [1.165, 1.54) is 30.3 Å². The van der Waals surface area contributed by atoms with Crippen molar-refractivity contribution in [1.29, 1.82) is 0 Å². The van der Waals surface area contributed by atoms with Crippen molar-refractivity contribution < 1.29 is 33.9 Å². The summed E-state index contributed by atoms with van der Waals surface area (Å²) in [5, 5.41) is 26.7. The number of aromatic hydroxyl groups is 1. The Morgan fingerprint density at radius 1 is 1.03 bits per heavy atom. The minimum Gasteiger partial charge on any atom is -0.507 e. The van der Waals surface area contributed by atoms with Gasteiger partial charge in [-0.2, -0.15) is 0 Å². The van der Waals surface area contributed by atoms with E-state index < -0.39 is 28.7 Å². The molecule has 0 unspecified atom stereocenters. The smallest absolute Gasteiger partial charge is 0.336 e. The van der Waals surface area contributed by atoms with Crippen molar-refractivity contribution in [1.82, 2.24) is 10.6 Å². The number of ether oxygens (including phenoxy) is 2. The number of amides is 1. The summed E-state index contributed by atoms with van der Waals surface area (Å²) in [6.45, 7) is 4.78. The maximum Gasteiger partial charge on any atom is 0.336 e. The molecule has 0 saturated heterocycles. The highest BCUT2D eigenvalue weighted by Gasteiger charge is 2.38. The Morgan fingerprint density at radius 2 is 1.68 bits per heavy atom. The molecule has 37 heavy (non-hydrogen) atoms. The van der Waals surface area contributed by atoms with E-state index in [0.717, 1.165) is 0 Å². The number of carbonyl (C=O) groups is 3. The summed E-state index contributed by atoms with van der Waals surface area (Å²) < 4.78 is 10.6. The van der Waals surface area contributed by atoms with Crippen molar-refractivity contribution in [2.75, 3.05) is 19.8 Å². The van der Waals surface area contributed by atoms with E-state index in [9.17, 15) is 29.6 Å². The second kappa shape index (κ2) is 11.8. The zero-order chi connectivity index (χ0) is 27.1. The molecule has 1 amide bonds. The van der Waals surface area contributed by atoms with Crippen molar-refractivity contribution in [2.24, 2.45) is 0 Å². The number of esters is 2. The quantitative estimate of drug-likeness (QED) is 0.200. The molecule has 0 aromatic heterocycles. The molecular formula is C26H27N3O8. The average Bonchev–Trinajstić information content (AvgIpc) is 2.86. The lowest BCUT2D eigenvalue weighted by molar-refractivity contribution is -0.384. The Balaban J connectivity index is 1.84. The van der Waals surface area contributed by atoms with Gasteiger partial charge < -0.3 is 25.2 Å². The lowest BCUT2D eigenvalue weighted by Crippen LogP contribution is -2.33. The molecule has 1 heterocycles. The van der Waals surface area contributed by atoms with Gasteiger partial charge in [-0.1, -0.05) is 24.3 Å². The predicted molar refractivity (Wildman–Crippen MR) is 132 cm³/mol. The summed E-state index contributed by atoms with van der Waals surface area (Å²) >= 11 is 0. The molecule has 3 N–H and O–H groups in total. The van der Waals surface area contributed by atoms with Crippen molar-refractivity contribution in [3.63, 3.8) is 0 Å². The fraction of sp³-hybridized carbons (Fsp3) is 0.269. The van der Waals surface area contributed by atoms with Gasteiger partial charge in [0.1, 0.15) is 12.4 Å². The molecule has 1 aliphatic heterocycles. The molecule has 11 heteroatoms. The molecule has 3 rings (SSSR count). The third-order valence-electron chi connectivity index (χ3n) is 5.66. The number of carbonyl (C=O) groups excluding carboxylic acids is 3. The summed E-state index contributed by atoms with van der Waals surface area (Å²) in [5.41, 5.74) is 1.29. The van der Waals surface area contributed by atoms with Crippen LogP contribution in [0.15, 0.2) is 71.1 Å². The molecule has 2 aromatic carbocycles. The Morgan fingerprint density at radius 3 is 2.30 bits per heavy atom. The van der Waals surface area contributed by atoms with Crippen LogP contribution < -0.4 is 10.6 Å². The first kappa shape index (κ1) is 26.9. The first-order valence-electron chi connectivity index (χ1n) is 11.5. The monoisotopic (exact) mass is 509 g/mol. The van der Waals surface area contributed by atoms with Gasteiger partial charge in [0.25, 0.3) is 11.6 Å². The maximum atomic E-state index is 13.2. The van der Waals surface area contributed by atoms with Gasteiger partial charge in [-0.3, -0.25) is 14.9 Å². The van der Waals surface area contributed by atoms with Crippen LogP contribution in [0.5, 0.6) is 5.75 Å². The highest BCUT2D eigenvalue weighted by atomic mass is 16.6. The Labute approximate surface area is 212 Å². The number of dihydropyridines is 1. The minimum atomic E-state index is -0.983. The number of hydrogen-bond acceptors (Lipinski definition) is 9. The standard InChI is InChI=1S/C26H27N3O8/c1-4-36-25(32)21-15(2)28-16(3)22(23(21)17-8-7-9-18(14-17)29(34)35)26(33)37-13-12-27-24(31)19-10-5-6-11-20(19)30/h5-11,14,23,28,30H,4,12-13H2,1-3H3,(H,27,31)/t23-/m0/s1. The second-order valence-corrected chi connectivity index (χ2v) is 8.12. The van der Waals surface area contributed by atoms with Crippen molar-refractivity contribution in [3.8, 4) is 5.75 Å². The summed E-state index contributed by atoms with van der Waals surface area (Å²) in [6.07, 6.45) is 0. The average molecular weight is 510 g/mol. The number of hydrogen-bond donors (Lipinski definition) is 3. The van der Waals surface area contributed by atoms with Gasteiger partial charge in [0, 0.05) is 23.5 Å². The number of phenols is 1. The van der Waals surface area contributed by atoms with Gasteiger partial charge >= 0.3 is 11.9 Å². The van der Waals surface area contributed by atoms with E-state index in [1.807, 2.05) is 0 Å². The van der Waals surface area contributed by atoms with Gasteiger partial charge in [-0.25, -0.2) is 9.59 Å². The van der Waals surface area contributed by atoms with Gasteiger partial charge in [0.15, 0.2) is 0 Å². The van der Waals surface area contributed by atoms with Gasteiger partial charge in [0.2, 0.25) is 0 Å². The molecular weight excluding hydrogens is 482 g/mol. The Bertz CT molecular complexity index is 1300. The van der Waals surface area contributed by atoms with Crippen LogP contribution in [0.2, 0.25) is 0 Å². The Hall–Kier alpha value is -4.67. The molecule has 0 spiro atoms. The van der Waals surface area contributed by atoms with Crippen LogP contribution in [-0.2, 0) is 19.1 Å². The van der Waals surface area contributed by atoms with E-state index in [0.29, 0.717) is 17.0 Å². The number of non-ortho nitro benzene ring substituents is 1. The second-order valence-electron chi connectivity index (χ2n) is 8.12. The number of nitro groups is 1. The van der Waals surface area contributed by atoms with Crippen LogP contribution in [0.25, 0.3) is 0 Å². The highest BCUT2D eigenvalue weighted by molar-refractivity contribution is 6.00. The van der Waals surface area contributed by atoms with E-state index >= 15 is 0 Å². The molecule has 0 radical (unpaired) electrons. The van der Waals surface area contributed by atoms with Crippen LogP contribution in [0.3, 0.4) is 0 Å². The first-order chi connectivity index (χ1) is 17.6. The number of nitro benzene ring substituents is 1. The summed E-state index contributed by atoms with van der Waals surface area (Å²) in [4.78, 5) is 49.2. The number of para-hydroxylation sites is 1. The number of rotatable bonds is 9. The first-order valence-corrected chi connectivity index (χ1v) is 11.5. The van der Waals surface area contributed by atoms with Crippen LogP contribution in [-0.4, -0.2) is 47.6 Å². The molecule has 0 fully saturated rings. The number of benzene rings is 2. The topological polar surface area (TPSA) is 157 Å². The van der Waals surface area contributed by atoms with E-state index in [2.05, 4.69) is 10.6 Å². The molecule has 0 aliphatic carbocycles. The molecule has 1 atom stereocenters. The predicted octanol–water partition coefficient (Wildman–Crippen LogP) is 3.07. The van der Waals surface area contributed by atoms with Gasteiger partial charge in [-0.15, -0.1) is 0 Å². The summed E-state index contributed by atoms with van der Waals surface area (Å²) in [6, 6.07) is 11.7. The van der Waals surface area contributed by atoms with Crippen molar-refractivity contribution >= 4 is 23.5 Å². The number of phenolic OH excluding ortho intramolecular Hbond substituents is 1. The van der Waals surface area contributed by atoms with E-state index in [1.54, 1.807) is 39.0 Å². The fourth-order valence-electron chi connectivity index (χ4n) is 4.04. The zero-order valence-corrected chi connectivity index (χ0v) is 20.6. The molecule has 2 aromatic rings. The molecule has 11 nitrogen and oxygen atoms in total. The largest absolute Gasteiger partial charge is 0.507 e. The van der Waals surface area contributed by atoms with Crippen molar-refractivity contribution in [3.05, 3.63) is 92.3 Å². The van der Waals surface area contributed by atoms with Crippen molar-refractivity contribution in [2.45, 2.75) is 26.7 Å². The number of nitrogens with zero attached hydrogens (tertiary/aromatic N) is 1. The summed E-state index contributed by atoms with van der Waals surface area (Å²) in [5.74, 6) is -3.14. The molecule has 194 valence electrons. The molecule has 1 aliphatic rings. The molecule has 0 saturated carbocycles. The third kappa shape index (κ3) is 6.13. The van der Waals surface area contributed by atoms with Gasteiger partial charge in [0.05, 0.1) is 40.7 Å². The number of allylic oxidation sites excluding steroid dienone is 2. The normalized spacial score (nSPS) is 15.1. The highest BCUT2D eigenvalue weighted by Crippen LogP contribution is 2.40. The fourth-order valence-corrected chi connectivity index (χ4v) is 4.04. The zero-order valence-electron chi connectivity index (χ0n) is 20.6. The lowest BCUT2D eigenvalue weighted by Gasteiger charge is -2.30. The van der Waals surface area contributed by atoms with Crippen LogP contribution in [0, 0.1) is 10.1 Å². The molecule has 0 bridgehead atoms. The SMILES string of the molecule is CCOC(=O)C1=C(C)NC(C)=C(C(=O)OCCNC(=O)c2ccccc2O)[C@H]1c1cccc([N+](=O)[O-])c1. The van der Waals surface area contributed by atoms with Crippen LogP contribution in [0.1, 0.15) is 42.6 Å². The van der Waals surface area contributed by atoms with Gasteiger partial charge in [-0.05, 0) is 38.5 Å². The van der Waals surface area contributed by atoms with E-state index in [-0.39, 0.29) is 47.9 Å². The number of nitrogens with one attached hydrogen (secondary N) is 2. The summed E-state index contributed by atoms with van der Waals surface area (Å²) in [7, 11) is 0. The maximum absolute atomic E-state index is 13.2. The lowest BCUT2D eigenvalue weighted by atomic mass is 9.80.